The fourth-order valence-electron chi connectivity index (χ4n) is 0.583. The minimum absolute atomic E-state index is 0. The summed E-state index contributed by atoms with van der Waals surface area (Å²) in [5.41, 5.74) is 0.0642. The van der Waals surface area contributed by atoms with Gasteiger partial charge in [0, 0.05) is 4.47 Å². The highest BCUT2D eigenvalue weighted by atomic mass is 79.9. The summed E-state index contributed by atoms with van der Waals surface area (Å²) in [4.78, 5) is 0. The van der Waals surface area contributed by atoms with Crippen molar-refractivity contribution < 1.29 is 4.39 Å². The van der Waals surface area contributed by atoms with Crippen molar-refractivity contribution >= 4 is 28.3 Å². The van der Waals surface area contributed by atoms with Gasteiger partial charge < -0.3 is 0 Å². The van der Waals surface area contributed by atoms with Crippen LogP contribution in [-0.4, -0.2) is 0 Å². The van der Waals surface area contributed by atoms with Crippen LogP contribution in [0.4, 0.5) is 4.39 Å². The third kappa shape index (κ3) is 2.49. The smallest absolute Gasteiger partial charge is 0.141 e. The van der Waals surface area contributed by atoms with Crippen LogP contribution in [0.5, 0.6) is 0 Å². The molecule has 0 unspecified atom stereocenters. The molecule has 0 saturated heterocycles. The second kappa shape index (κ2) is 4.32. The summed E-state index contributed by atoms with van der Waals surface area (Å²) in [5.74, 6) is -0.481. The van der Waals surface area contributed by atoms with Crippen molar-refractivity contribution in [3.8, 4) is 6.07 Å². The van der Waals surface area contributed by atoms with E-state index in [1.807, 2.05) is 0 Å². The first-order valence-corrected chi connectivity index (χ1v) is 3.38. The Morgan fingerprint density at radius 1 is 1.45 bits per heavy atom. The van der Waals surface area contributed by atoms with Crippen LogP contribution in [0.15, 0.2) is 22.7 Å². The van der Waals surface area contributed by atoms with Crippen molar-refractivity contribution in [3.05, 3.63) is 34.1 Å². The second-order valence-corrected chi connectivity index (χ2v) is 2.65. The molecule has 1 aromatic carbocycles. The minimum Gasteiger partial charge on any atom is -0.206 e. The highest BCUT2D eigenvalue weighted by Crippen LogP contribution is 2.13. The van der Waals surface area contributed by atoms with Crippen LogP contribution in [0.25, 0.3) is 0 Å². The summed E-state index contributed by atoms with van der Waals surface area (Å²) < 4.78 is 13.2. The summed E-state index contributed by atoms with van der Waals surface area (Å²) in [5, 5.41) is 8.33. The van der Waals surface area contributed by atoms with Crippen LogP contribution in [-0.2, 0) is 0 Å². The lowest BCUT2D eigenvalue weighted by Crippen LogP contribution is -1.80. The molecule has 1 rings (SSSR count). The Morgan fingerprint density at radius 2 is 2.09 bits per heavy atom. The number of benzene rings is 1. The van der Waals surface area contributed by atoms with Gasteiger partial charge in [0.15, 0.2) is 0 Å². The predicted molar refractivity (Wildman–Crippen MR) is 46.1 cm³/mol. The molecule has 11 heavy (non-hydrogen) atoms. The van der Waals surface area contributed by atoms with E-state index in [1.165, 1.54) is 12.1 Å². The molecule has 0 bridgehead atoms. The van der Waals surface area contributed by atoms with E-state index in [4.69, 9.17) is 5.26 Å². The first kappa shape index (κ1) is 10.4. The molecule has 1 aromatic rings. The second-order valence-electron chi connectivity index (χ2n) is 1.74. The zero-order valence-corrected chi connectivity index (χ0v) is 7.75. The lowest BCUT2D eigenvalue weighted by atomic mass is 10.2. The number of nitriles is 1. The molecule has 4 heteroatoms. The Labute approximate surface area is 78.4 Å². The summed E-state index contributed by atoms with van der Waals surface area (Å²) >= 11 is 3.12. The maximum atomic E-state index is 12.5. The normalized spacial score (nSPS) is 8.09. The van der Waals surface area contributed by atoms with Gasteiger partial charge in [0.1, 0.15) is 11.9 Å². The van der Waals surface area contributed by atoms with Gasteiger partial charge in [-0.15, -0.1) is 12.4 Å². The summed E-state index contributed by atoms with van der Waals surface area (Å²) in [7, 11) is 0. The van der Waals surface area contributed by atoms with Crippen molar-refractivity contribution in [2.24, 2.45) is 0 Å². The molecule has 0 aliphatic rings. The van der Waals surface area contributed by atoms with Gasteiger partial charge in [-0.3, -0.25) is 0 Å². The Bertz CT molecular complexity index is 295. The quantitative estimate of drug-likeness (QED) is 0.679. The summed E-state index contributed by atoms with van der Waals surface area (Å²) in [6, 6.07) is 5.98. The van der Waals surface area contributed by atoms with E-state index in [0.29, 0.717) is 4.47 Å². The third-order valence-corrected chi connectivity index (χ3v) is 1.54. The molecular formula is C7H4BrClFN. The van der Waals surface area contributed by atoms with Crippen molar-refractivity contribution in [2.75, 3.05) is 0 Å². The standard InChI is InChI=1S/C7H3BrFN.ClH/c8-6-1-2-7(9)5(3-6)4-10;/h1-3H;1H. The third-order valence-electron chi connectivity index (χ3n) is 1.05. The molecule has 58 valence electrons. The highest BCUT2D eigenvalue weighted by Gasteiger charge is 1.99. The topological polar surface area (TPSA) is 23.8 Å². The number of rotatable bonds is 0. The molecule has 0 aliphatic carbocycles. The molecule has 0 heterocycles. The van der Waals surface area contributed by atoms with Crippen molar-refractivity contribution in [3.63, 3.8) is 0 Å². The van der Waals surface area contributed by atoms with E-state index < -0.39 is 5.82 Å². The van der Waals surface area contributed by atoms with E-state index in [2.05, 4.69) is 15.9 Å². The van der Waals surface area contributed by atoms with Crippen molar-refractivity contribution in [1.82, 2.24) is 0 Å². The molecule has 0 amide bonds. The summed E-state index contributed by atoms with van der Waals surface area (Å²) in [6.45, 7) is 0. The SMILES string of the molecule is Cl.N#Cc1cc(Br)ccc1F. The van der Waals surface area contributed by atoms with Gasteiger partial charge in [-0.05, 0) is 18.2 Å². The number of hydrogen-bond donors (Lipinski definition) is 0. The Balaban J connectivity index is 0.000001000. The molecule has 0 aromatic heterocycles. The first-order valence-electron chi connectivity index (χ1n) is 2.59. The van der Waals surface area contributed by atoms with Gasteiger partial charge in [0.05, 0.1) is 5.56 Å². The number of hydrogen-bond acceptors (Lipinski definition) is 1. The first-order chi connectivity index (χ1) is 4.74. The van der Waals surface area contributed by atoms with Crippen LogP contribution in [0.3, 0.4) is 0 Å². The van der Waals surface area contributed by atoms with Gasteiger partial charge >= 0.3 is 0 Å². The van der Waals surface area contributed by atoms with E-state index >= 15 is 0 Å². The van der Waals surface area contributed by atoms with Crippen molar-refractivity contribution in [2.45, 2.75) is 0 Å². The molecule has 0 atom stereocenters. The van der Waals surface area contributed by atoms with Gasteiger partial charge in [-0.2, -0.15) is 5.26 Å². The Kier molecular flexibility index (Phi) is 4.09. The molecule has 0 fully saturated rings. The molecule has 0 N–H and O–H groups in total. The van der Waals surface area contributed by atoms with Crippen LogP contribution in [0.2, 0.25) is 0 Å². The highest BCUT2D eigenvalue weighted by molar-refractivity contribution is 9.10. The lowest BCUT2D eigenvalue weighted by molar-refractivity contribution is 0.623. The van der Waals surface area contributed by atoms with E-state index in [0.717, 1.165) is 0 Å². The average Bonchev–Trinajstić information content (AvgIpc) is 1.94. The number of halogens is 3. The van der Waals surface area contributed by atoms with Gasteiger partial charge in [0.2, 0.25) is 0 Å². The van der Waals surface area contributed by atoms with Gasteiger partial charge in [-0.25, -0.2) is 4.39 Å². The number of nitrogens with zero attached hydrogens (tertiary/aromatic N) is 1. The monoisotopic (exact) mass is 235 g/mol. The van der Waals surface area contributed by atoms with E-state index in [9.17, 15) is 4.39 Å². The largest absolute Gasteiger partial charge is 0.206 e. The zero-order valence-electron chi connectivity index (χ0n) is 5.34. The maximum absolute atomic E-state index is 12.5. The predicted octanol–water partition coefficient (Wildman–Crippen LogP) is 2.88. The molecule has 0 spiro atoms. The zero-order chi connectivity index (χ0) is 7.56. The molecule has 1 nitrogen and oxygen atoms in total. The van der Waals surface area contributed by atoms with Crippen LogP contribution in [0, 0.1) is 17.1 Å². The van der Waals surface area contributed by atoms with E-state index in [1.54, 1.807) is 12.1 Å². The van der Waals surface area contributed by atoms with Crippen molar-refractivity contribution in [1.29, 1.82) is 5.26 Å². The molecule has 0 radical (unpaired) electrons. The van der Waals surface area contributed by atoms with Crippen LogP contribution in [0.1, 0.15) is 5.56 Å². The fraction of sp³-hybridized carbons (Fsp3) is 0. The lowest BCUT2D eigenvalue weighted by Gasteiger charge is -1.91. The average molecular weight is 236 g/mol. The van der Waals surface area contributed by atoms with Gasteiger partial charge in [0.25, 0.3) is 0 Å². The Morgan fingerprint density at radius 3 is 2.55 bits per heavy atom. The van der Waals surface area contributed by atoms with Gasteiger partial charge in [-0.1, -0.05) is 15.9 Å². The van der Waals surface area contributed by atoms with Crippen LogP contribution < -0.4 is 0 Å². The molecular weight excluding hydrogens is 232 g/mol. The minimum atomic E-state index is -0.481. The maximum Gasteiger partial charge on any atom is 0.141 e. The molecule has 0 saturated carbocycles. The molecule has 0 aliphatic heterocycles. The van der Waals surface area contributed by atoms with Crippen LogP contribution >= 0.6 is 28.3 Å². The fourth-order valence-corrected chi connectivity index (χ4v) is 0.944. The summed E-state index contributed by atoms with van der Waals surface area (Å²) in [6.07, 6.45) is 0. The van der Waals surface area contributed by atoms with E-state index in [-0.39, 0.29) is 18.0 Å². The Hall–Kier alpha value is -0.590.